The van der Waals surface area contributed by atoms with Crippen molar-refractivity contribution in [3.05, 3.63) is 74.9 Å². The van der Waals surface area contributed by atoms with Gasteiger partial charge in [0.15, 0.2) is 0 Å². The van der Waals surface area contributed by atoms with Crippen molar-refractivity contribution in [3.8, 4) is 11.3 Å². The lowest BCUT2D eigenvalue weighted by atomic mass is 9.87. The molecule has 36 heavy (non-hydrogen) atoms. The third-order valence-corrected chi connectivity index (χ3v) is 7.79. The molecule has 4 heterocycles. The van der Waals surface area contributed by atoms with Crippen LogP contribution in [-0.4, -0.2) is 37.3 Å². The summed E-state index contributed by atoms with van der Waals surface area (Å²) in [6.45, 7) is 11.9. The van der Waals surface area contributed by atoms with Crippen LogP contribution in [-0.2, 0) is 13.6 Å². The number of pyridine rings is 1. The predicted octanol–water partition coefficient (Wildman–Crippen LogP) is 6.47. The number of likely N-dealkylation sites (tertiary alicyclic amines) is 1. The number of rotatable bonds is 6. The van der Waals surface area contributed by atoms with Crippen molar-refractivity contribution in [1.29, 1.82) is 0 Å². The highest BCUT2D eigenvalue weighted by Gasteiger charge is 2.23. The topological polar surface area (TPSA) is 58.9 Å². The van der Waals surface area contributed by atoms with Gasteiger partial charge < -0.3 is 9.55 Å². The van der Waals surface area contributed by atoms with Gasteiger partial charge in [0.1, 0.15) is 5.02 Å². The van der Waals surface area contributed by atoms with Gasteiger partial charge in [-0.3, -0.25) is 14.4 Å². The molecule has 1 aliphatic heterocycles. The molecule has 5 rings (SSSR count). The van der Waals surface area contributed by atoms with Gasteiger partial charge in [0.25, 0.3) is 5.56 Å². The summed E-state index contributed by atoms with van der Waals surface area (Å²) in [5, 5.41) is 6.01. The van der Waals surface area contributed by atoms with E-state index in [1.807, 2.05) is 17.1 Å². The fourth-order valence-electron chi connectivity index (χ4n) is 5.54. The molecule has 0 radical (unpaired) electrons. The third kappa shape index (κ3) is 4.76. The number of hydrogen-bond donors (Lipinski definition) is 1. The highest BCUT2D eigenvalue weighted by Crippen LogP contribution is 2.38. The molecular weight excluding hydrogens is 470 g/mol. The van der Waals surface area contributed by atoms with E-state index in [-0.39, 0.29) is 10.6 Å². The Bertz CT molecular complexity index is 1410. The first-order valence-corrected chi connectivity index (χ1v) is 13.4. The normalized spacial score (nSPS) is 15.6. The van der Waals surface area contributed by atoms with Crippen molar-refractivity contribution in [3.63, 3.8) is 0 Å². The van der Waals surface area contributed by atoms with E-state index < -0.39 is 0 Å². The predicted molar refractivity (Wildman–Crippen MR) is 148 cm³/mol. The summed E-state index contributed by atoms with van der Waals surface area (Å²) in [4.78, 5) is 18.3. The van der Waals surface area contributed by atoms with E-state index in [1.54, 1.807) is 17.7 Å². The number of aryl methyl sites for hydroxylation is 1. The number of piperidine rings is 1. The molecule has 3 aromatic heterocycles. The number of nitrogens with zero attached hydrogens (tertiary/aromatic N) is 4. The Labute approximate surface area is 217 Å². The number of fused-ring (bicyclic) bond motifs is 1. The molecular formula is C29H36ClN5O. The highest BCUT2D eigenvalue weighted by atomic mass is 35.5. The average Bonchev–Trinajstić information content (AvgIpc) is 3.47. The number of nitrogens with one attached hydrogen (secondary N) is 1. The Kier molecular flexibility index (Phi) is 6.84. The van der Waals surface area contributed by atoms with E-state index in [0.717, 1.165) is 49.2 Å². The van der Waals surface area contributed by atoms with Crippen molar-refractivity contribution in [2.24, 2.45) is 7.05 Å². The Morgan fingerprint density at radius 1 is 1.11 bits per heavy atom. The largest absolute Gasteiger partial charge is 0.354 e. The monoisotopic (exact) mass is 505 g/mol. The maximum absolute atomic E-state index is 12.1. The minimum atomic E-state index is -0.176. The van der Waals surface area contributed by atoms with Crippen molar-refractivity contribution in [2.45, 2.75) is 65.0 Å². The molecule has 0 spiro atoms. The van der Waals surface area contributed by atoms with E-state index in [4.69, 9.17) is 11.6 Å². The molecule has 0 bridgehead atoms. The van der Waals surface area contributed by atoms with Gasteiger partial charge in [-0.05, 0) is 80.9 Å². The summed E-state index contributed by atoms with van der Waals surface area (Å²) in [6, 6.07) is 9.07. The molecule has 0 atom stereocenters. The van der Waals surface area contributed by atoms with Gasteiger partial charge in [-0.1, -0.05) is 31.5 Å². The Morgan fingerprint density at radius 2 is 1.86 bits per heavy atom. The van der Waals surface area contributed by atoms with Crippen LogP contribution < -0.4 is 5.56 Å². The molecule has 1 N–H and O–H groups in total. The van der Waals surface area contributed by atoms with Crippen molar-refractivity contribution in [2.75, 3.05) is 13.1 Å². The lowest BCUT2D eigenvalue weighted by molar-refractivity contribution is 0.204. The fraction of sp³-hybridized carbons (Fsp3) is 0.448. The van der Waals surface area contributed by atoms with Gasteiger partial charge in [0.2, 0.25) is 0 Å². The number of H-pyrrole nitrogens is 1. The Hall–Kier alpha value is -2.83. The molecule has 0 saturated carbocycles. The number of aromatic nitrogens is 4. The second-order valence-electron chi connectivity index (χ2n) is 10.8. The van der Waals surface area contributed by atoms with Crippen molar-refractivity contribution >= 4 is 22.5 Å². The van der Waals surface area contributed by atoms with Crippen LogP contribution in [0.25, 0.3) is 22.2 Å². The number of halogens is 1. The van der Waals surface area contributed by atoms with Gasteiger partial charge in [-0.25, -0.2) is 0 Å². The first-order chi connectivity index (χ1) is 17.2. The number of aromatic amines is 1. The molecule has 6 nitrogen and oxygen atoms in total. The van der Waals surface area contributed by atoms with Crippen LogP contribution >= 0.6 is 11.6 Å². The van der Waals surface area contributed by atoms with E-state index >= 15 is 0 Å². The first-order valence-electron chi connectivity index (χ1n) is 13.0. The number of benzene rings is 1. The minimum absolute atomic E-state index is 0.176. The summed E-state index contributed by atoms with van der Waals surface area (Å²) < 4.78 is 3.60. The van der Waals surface area contributed by atoms with Crippen LogP contribution in [0.2, 0.25) is 5.02 Å². The summed E-state index contributed by atoms with van der Waals surface area (Å²) >= 11 is 6.25. The summed E-state index contributed by atoms with van der Waals surface area (Å²) in [5.74, 6) is 0.892. The van der Waals surface area contributed by atoms with Gasteiger partial charge in [-0.2, -0.15) is 5.10 Å². The highest BCUT2D eigenvalue weighted by molar-refractivity contribution is 6.30. The molecule has 1 aromatic carbocycles. The zero-order valence-corrected chi connectivity index (χ0v) is 22.6. The third-order valence-electron chi connectivity index (χ3n) is 7.52. The van der Waals surface area contributed by atoms with Gasteiger partial charge in [0.05, 0.1) is 11.9 Å². The van der Waals surface area contributed by atoms with E-state index in [1.165, 1.54) is 22.1 Å². The van der Waals surface area contributed by atoms with Gasteiger partial charge in [-0.15, -0.1) is 0 Å². The molecule has 0 unspecified atom stereocenters. The van der Waals surface area contributed by atoms with Crippen LogP contribution in [0.4, 0.5) is 0 Å². The second-order valence-corrected chi connectivity index (χ2v) is 11.2. The molecule has 1 aliphatic rings. The van der Waals surface area contributed by atoms with Crippen molar-refractivity contribution < 1.29 is 0 Å². The lowest BCUT2D eigenvalue weighted by Crippen LogP contribution is -2.32. The van der Waals surface area contributed by atoms with Gasteiger partial charge >= 0.3 is 0 Å². The first kappa shape index (κ1) is 24.8. The molecule has 1 fully saturated rings. The van der Waals surface area contributed by atoms with Crippen LogP contribution in [0, 0.1) is 0 Å². The molecule has 1 saturated heterocycles. The Balaban J connectivity index is 1.38. The molecule has 7 heteroatoms. The standard InChI is InChI=1S/C29H36ClN5O/c1-18(2)27-24-12-22(6-7-26(24)32-28(27)23-13-25(30)29(36)33(5)17-23)21-8-10-34(11-9-21)15-20-14-31-35(16-20)19(3)4/h6-7,12-14,16-19,21,32H,8-11,15H2,1-5H3. The van der Waals surface area contributed by atoms with E-state index in [2.05, 4.69) is 67.1 Å². The summed E-state index contributed by atoms with van der Waals surface area (Å²) in [6.07, 6.45) is 8.38. The van der Waals surface area contributed by atoms with Crippen LogP contribution in [0.1, 0.15) is 75.1 Å². The van der Waals surface area contributed by atoms with E-state index in [0.29, 0.717) is 17.9 Å². The summed E-state index contributed by atoms with van der Waals surface area (Å²) in [7, 11) is 1.75. The average molecular weight is 506 g/mol. The van der Waals surface area contributed by atoms with Crippen LogP contribution in [0.3, 0.4) is 0 Å². The van der Waals surface area contributed by atoms with Crippen LogP contribution in [0.5, 0.6) is 0 Å². The quantitative estimate of drug-likeness (QED) is 0.327. The second kappa shape index (κ2) is 9.91. The zero-order chi connectivity index (χ0) is 25.6. The maximum Gasteiger partial charge on any atom is 0.269 e. The lowest BCUT2D eigenvalue weighted by Gasteiger charge is -2.32. The van der Waals surface area contributed by atoms with Gasteiger partial charge in [0, 0.05) is 54.1 Å². The Morgan fingerprint density at radius 3 is 2.50 bits per heavy atom. The zero-order valence-electron chi connectivity index (χ0n) is 21.9. The molecule has 0 aliphatic carbocycles. The minimum Gasteiger partial charge on any atom is -0.354 e. The number of hydrogen-bond acceptors (Lipinski definition) is 3. The maximum atomic E-state index is 12.1. The van der Waals surface area contributed by atoms with E-state index in [9.17, 15) is 4.79 Å². The fourth-order valence-corrected chi connectivity index (χ4v) is 5.79. The van der Waals surface area contributed by atoms with Crippen LogP contribution in [0.15, 0.2) is 47.7 Å². The van der Waals surface area contributed by atoms with Crippen molar-refractivity contribution in [1.82, 2.24) is 24.2 Å². The molecule has 4 aromatic rings. The molecule has 190 valence electrons. The SMILES string of the molecule is CC(C)c1c(-c2cc(Cl)c(=O)n(C)c2)[nH]c2ccc(C3CCN(Cc4cnn(C(C)C)c4)CC3)cc12. The molecule has 0 amide bonds. The summed E-state index contributed by atoms with van der Waals surface area (Å²) in [5.41, 5.74) is 6.93. The smallest absolute Gasteiger partial charge is 0.269 e.